The Balaban J connectivity index is 1.93. The smallest absolute Gasteiger partial charge is 0.261 e. The van der Waals surface area contributed by atoms with Gasteiger partial charge in [-0.1, -0.05) is 86.4 Å². The molecule has 0 aliphatic heterocycles. The molecule has 3 aromatic carbocycles. The van der Waals surface area contributed by atoms with Crippen LogP contribution in [0.25, 0.3) is 0 Å². The summed E-state index contributed by atoms with van der Waals surface area (Å²) in [6.45, 7) is 10.1. The minimum Gasteiger partial charge on any atom is -0.483 e. The van der Waals surface area contributed by atoms with Crippen molar-refractivity contribution >= 4 is 50.9 Å². The zero-order valence-corrected chi connectivity index (χ0v) is 26.0. The van der Waals surface area contributed by atoms with Crippen LogP contribution in [0, 0.1) is 0 Å². The molecule has 0 saturated heterocycles. The fourth-order valence-electron chi connectivity index (χ4n) is 4.08. The largest absolute Gasteiger partial charge is 0.483 e. The summed E-state index contributed by atoms with van der Waals surface area (Å²) in [6.07, 6.45) is 0.344. The standard InChI is InChI=1S/C31H35BrCl2N2O3/c1-20(2)35-30(38)27(16-21-9-7-6-8-10-21)36(18-22-11-13-25(33)26(34)15-22)29(37)19-39-28-14-12-23(17-24(28)32)31(3,4)5/h6-15,17,20,27H,16,18-19H2,1-5H3,(H,35,38). The number of carbonyl (C=O) groups excluding carboxylic acids is 2. The summed E-state index contributed by atoms with van der Waals surface area (Å²) < 4.78 is 6.73. The van der Waals surface area contributed by atoms with Gasteiger partial charge in [-0.3, -0.25) is 9.59 Å². The van der Waals surface area contributed by atoms with Crippen LogP contribution < -0.4 is 10.1 Å². The molecule has 0 heterocycles. The number of amides is 2. The molecule has 0 bridgehead atoms. The van der Waals surface area contributed by atoms with Crippen molar-refractivity contribution in [3.8, 4) is 5.75 Å². The molecule has 0 spiro atoms. The molecule has 0 radical (unpaired) electrons. The van der Waals surface area contributed by atoms with E-state index in [2.05, 4.69) is 42.0 Å². The first-order valence-electron chi connectivity index (χ1n) is 12.9. The van der Waals surface area contributed by atoms with Gasteiger partial charge in [0.1, 0.15) is 11.8 Å². The van der Waals surface area contributed by atoms with E-state index in [0.29, 0.717) is 22.2 Å². The van der Waals surface area contributed by atoms with Gasteiger partial charge in [0.2, 0.25) is 5.91 Å². The molecule has 3 rings (SSSR count). The molecule has 1 atom stereocenters. The van der Waals surface area contributed by atoms with Gasteiger partial charge in [0, 0.05) is 19.0 Å². The van der Waals surface area contributed by atoms with Gasteiger partial charge in [-0.15, -0.1) is 0 Å². The lowest BCUT2D eigenvalue weighted by molar-refractivity contribution is -0.143. The van der Waals surface area contributed by atoms with E-state index in [4.69, 9.17) is 27.9 Å². The molecule has 39 heavy (non-hydrogen) atoms. The average Bonchev–Trinajstić information content (AvgIpc) is 2.86. The minimum absolute atomic E-state index is 0.0258. The lowest BCUT2D eigenvalue weighted by Crippen LogP contribution is -2.52. The summed E-state index contributed by atoms with van der Waals surface area (Å²) in [4.78, 5) is 28.8. The zero-order valence-electron chi connectivity index (χ0n) is 22.9. The predicted octanol–water partition coefficient (Wildman–Crippen LogP) is 7.60. The summed E-state index contributed by atoms with van der Waals surface area (Å²) >= 11 is 16.0. The molecule has 0 aromatic heterocycles. The Hall–Kier alpha value is -2.54. The molecule has 0 fully saturated rings. The fraction of sp³-hybridized carbons (Fsp3) is 0.355. The van der Waals surface area contributed by atoms with Gasteiger partial charge < -0.3 is 15.0 Å². The van der Waals surface area contributed by atoms with Crippen molar-refractivity contribution in [2.24, 2.45) is 0 Å². The van der Waals surface area contributed by atoms with Crippen molar-refractivity contribution < 1.29 is 14.3 Å². The Morgan fingerprint density at radius 2 is 1.64 bits per heavy atom. The molecular formula is C31H35BrCl2N2O3. The van der Waals surface area contributed by atoms with E-state index < -0.39 is 6.04 Å². The van der Waals surface area contributed by atoms with Crippen molar-refractivity contribution in [1.82, 2.24) is 10.2 Å². The topological polar surface area (TPSA) is 58.6 Å². The van der Waals surface area contributed by atoms with Crippen molar-refractivity contribution in [2.45, 2.75) is 65.1 Å². The number of carbonyl (C=O) groups is 2. The second-order valence-electron chi connectivity index (χ2n) is 10.8. The maximum Gasteiger partial charge on any atom is 0.261 e. The van der Waals surface area contributed by atoms with Crippen molar-refractivity contribution in [2.75, 3.05) is 6.61 Å². The average molecular weight is 634 g/mol. The second kappa shape index (κ2) is 13.7. The summed E-state index contributed by atoms with van der Waals surface area (Å²) in [5.74, 6) is -0.0113. The first-order valence-corrected chi connectivity index (χ1v) is 14.4. The maximum absolute atomic E-state index is 13.8. The van der Waals surface area contributed by atoms with Crippen LogP contribution in [0.2, 0.25) is 10.0 Å². The number of halogens is 3. The van der Waals surface area contributed by atoms with E-state index in [9.17, 15) is 9.59 Å². The van der Waals surface area contributed by atoms with Gasteiger partial charge in [-0.2, -0.15) is 0 Å². The number of nitrogens with zero attached hydrogens (tertiary/aromatic N) is 1. The Morgan fingerprint density at radius 1 is 0.949 bits per heavy atom. The molecule has 0 aliphatic rings. The third-order valence-corrected chi connectivity index (χ3v) is 7.55. The predicted molar refractivity (Wildman–Crippen MR) is 163 cm³/mol. The molecule has 8 heteroatoms. The third-order valence-electron chi connectivity index (χ3n) is 6.19. The Morgan fingerprint density at radius 3 is 2.23 bits per heavy atom. The molecule has 1 N–H and O–H groups in total. The van der Waals surface area contributed by atoms with Gasteiger partial charge in [0.15, 0.2) is 6.61 Å². The number of benzene rings is 3. The van der Waals surface area contributed by atoms with E-state index in [1.54, 1.807) is 23.1 Å². The molecule has 2 amide bonds. The van der Waals surface area contributed by atoms with E-state index in [-0.39, 0.29) is 36.4 Å². The summed E-state index contributed by atoms with van der Waals surface area (Å²) in [6, 6.07) is 19.8. The van der Waals surface area contributed by atoms with Crippen LogP contribution in [-0.2, 0) is 28.0 Å². The molecule has 1 unspecified atom stereocenters. The lowest BCUT2D eigenvalue weighted by atomic mass is 9.87. The first-order chi connectivity index (χ1) is 18.3. The highest BCUT2D eigenvalue weighted by molar-refractivity contribution is 9.10. The first kappa shape index (κ1) is 31.0. The van der Waals surface area contributed by atoms with Crippen LogP contribution in [0.4, 0.5) is 0 Å². The van der Waals surface area contributed by atoms with Gasteiger partial charge in [0.05, 0.1) is 14.5 Å². The highest BCUT2D eigenvalue weighted by atomic mass is 79.9. The Labute approximate surface area is 250 Å². The van der Waals surface area contributed by atoms with Crippen LogP contribution in [0.15, 0.2) is 71.2 Å². The maximum atomic E-state index is 13.8. The molecule has 5 nitrogen and oxygen atoms in total. The molecule has 208 valence electrons. The van der Waals surface area contributed by atoms with Crippen molar-refractivity contribution in [3.63, 3.8) is 0 Å². The lowest BCUT2D eigenvalue weighted by Gasteiger charge is -2.32. The van der Waals surface area contributed by atoms with Crippen LogP contribution in [-0.4, -0.2) is 35.4 Å². The van der Waals surface area contributed by atoms with Gasteiger partial charge in [-0.25, -0.2) is 0 Å². The fourth-order valence-corrected chi connectivity index (χ4v) is 4.89. The quantitative estimate of drug-likeness (QED) is 0.250. The minimum atomic E-state index is -0.771. The third kappa shape index (κ3) is 8.99. The van der Waals surface area contributed by atoms with Crippen LogP contribution in [0.1, 0.15) is 51.3 Å². The van der Waals surface area contributed by atoms with Crippen LogP contribution in [0.3, 0.4) is 0 Å². The SMILES string of the molecule is CC(C)NC(=O)C(Cc1ccccc1)N(Cc1ccc(Cl)c(Cl)c1)C(=O)COc1ccc(C(C)(C)C)cc1Br. The number of nitrogens with one attached hydrogen (secondary N) is 1. The summed E-state index contributed by atoms with van der Waals surface area (Å²) in [5, 5.41) is 3.78. The summed E-state index contributed by atoms with van der Waals surface area (Å²) in [5.41, 5.74) is 2.81. The second-order valence-corrected chi connectivity index (χ2v) is 12.5. The van der Waals surface area contributed by atoms with Gasteiger partial charge >= 0.3 is 0 Å². The molecule has 0 aliphatic carbocycles. The van der Waals surface area contributed by atoms with E-state index in [0.717, 1.165) is 21.2 Å². The molecule has 0 saturated carbocycles. The molecular weight excluding hydrogens is 599 g/mol. The Bertz CT molecular complexity index is 1290. The highest BCUT2D eigenvalue weighted by Gasteiger charge is 2.31. The van der Waals surface area contributed by atoms with Crippen molar-refractivity contribution in [3.05, 3.63) is 97.9 Å². The van der Waals surface area contributed by atoms with E-state index >= 15 is 0 Å². The number of hydrogen-bond donors (Lipinski definition) is 1. The summed E-state index contributed by atoms with van der Waals surface area (Å²) in [7, 11) is 0. The van der Waals surface area contributed by atoms with Crippen LogP contribution in [0.5, 0.6) is 5.75 Å². The Kier molecular flexibility index (Phi) is 10.9. The molecule has 3 aromatic rings. The number of hydrogen-bond acceptors (Lipinski definition) is 3. The monoisotopic (exact) mass is 632 g/mol. The number of ether oxygens (including phenoxy) is 1. The van der Waals surface area contributed by atoms with Crippen LogP contribution >= 0.6 is 39.1 Å². The van der Waals surface area contributed by atoms with Crippen molar-refractivity contribution in [1.29, 1.82) is 0 Å². The van der Waals surface area contributed by atoms with E-state index in [1.165, 1.54) is 0 Å². The van der Waals surface area contributed by atoms with E-state index in [1.807, 2.05) is 62.4 Å². The van der Waals surface area contributed by atoms with Gasteiger partial charge in [0.25, 0.3) is 5.91 Å². The van der Waals surface area contributed by atoms with Gasteiger partial charge in [-0.05, 0) is 76.1 Å². The highest BCUT2D eigenvalue weighted by Crippen LogP contribution is 2.32. The normalized spacial score (nSPS) is 12.2. The number of rotatable bonds is 10. The zero-order chi connectivity index (χ0) is 28.7.